The zero-order valence-corrected chi connectivity index (χ0v) is 13.2. The number of para-hydroxylation sites is 1. The number of benzene rings is 2. The van der Waals surface area contributed by atoms with Crippen LogP contribution in [0.5, 0.6) is 5.75 Å². The van der Waals surface area contributed by atoms with Gasteiger partial charge in [0.2, 0.25) is 0 Å². The van der Waals surface area contributed by atoms with Gasteiger partial charge in [0.1, 0.15) is 5.75 Å². The molecule has 3 heteroatoms. The van der Waals surface area contributed by atoms with E-state index in [-0.39, 0.29) is 5.91 Å². The summed E-state index contributed by atoms with van der Waals surface area (Å²) < 4.78 is 5.45. The molecule has 0 radical (unpaired) electrons. The van der Waals surface area contributed by atoms with Crippen LogP contribution in [-0.2, 0) is 4.79 Å². The highest BCUT2D eigenvalue weighted by Gasteiger charge is 2.06. The predicted molar refractivity (Wildman–Crippen MR) is 90.0 cm³/mol. The maximum Gasteiger partial charge on any atom is 0.254 e. The quantitative estimate of drug-likeness (QED) is 0.639. The molecular formula is C19H21NO2. The van der Waals surface area contributed by atoms with Gasteiger partial charge >= 0.3 is 0 Å². The molecule has 0 fully saturated rings. The highest BCUT2D eigenvalue weighted by molar-refractivity contribution is 6.03. The second kappa shape index (κ2) is 7.46. The first-order valence-electron chi connectivity index (χ1n) is 7.36. The number of carbonyl (C=O) groups excluding carboxylic acids is 1. The molecule has 114 valence electrons. The van der Waals surface area contributed by atoms with Gasteiger partial charge in [-0.25, -0.2) is 0 Å². The average molecular weight is 295 g/mol. The number of rotatable bonds is 5. The van der Waals surface area contributed by atoms with E-state index in [4.69, 9.17) is 4.74 Å². The van der Waals surface area contributed by atoms with Crippen molar-refractivity contribution in [2.45, 2.75) is 26.7 Å². The van der Waals surface area contributed by atoms with Crippen molar-refractivity contribution in [3.63, 3.8) is 0 Å². The van der Waals surface area contributed by atoms with Crippen LogP contribution in [0.4, 0.5) is 5.69 Å². The third kappa shape index (κ3) is 4.48. The van der Waals surface area contributed by atoms with E-state index in [9.17, 15) is 4.79 Å². The molecule has 3 nitrogen and oxygen atoms in total. The van der Waals surface area contributed by atoms with Gasteiger partial charge in [0.05, 0.1) is 6.26 Å². The number of ether oxygens (including phenoxy) is 1. The third-order valence-corrected chi connectivity index (χ3v) is 3.31. The normalized spacial score (nSPS) is 11.4. The minimum absolute atomic E-state index is 0.173. The van der Waals surface area contributed by atoms with Crippen LogP contribution in [0.3, 0.4) is 0 Å². The zero-order chi connectivity index (χ0) is 15.9. The minimum Gasteiger partial charge on any atom is -0.465 e. The standard InChI is InChI=1S/C19H21NO2/c1-14(2)16-9-11-17(12-10-16)20-19(21)15(3)13-22-18-7-5-4-6-8-18/h4-14H,1-3H3,(H,20,21). The Labute approximate surface area is 131 Å². The lowest BCUT2D eigenvalue weighted by Crippen LogP contribution is -2.13. The SMILES string of the molecule is CC(=COc1ccccc1)C(=O)Nc1ccc(C(C)C)cc1. The summed E-state index contributed by atoms with van der Waals surface area (Å²) in [6, 6.07) is 17.2. The van der Waals surface area contributed by atoms with E-state index in [0.717, 1.165) is 5.69 Å². The Morgan fingerprint density at radius 3 is 2.27 bits per heavy atom. The molecule has 0 saturated carbocycles. The van der Waals surface area contributed by atoms with E-state index in [1.165, 1.54) is 11.8 Å². The number of carbonyl (C=O) groups is 1. The van der Waals surface area contributed by atoms with Gasteiger partial charge in [-0.3, -0.25) is 4.79 Å². The number of nitrogens with one attached hydrogen (secondary N) is 1. The highest BCUT2D eigenvalue weighted by Crippen LogP contribution is 2.17. The number of hydrogen-bond acceptors (Lipinski definition) is 2. The Morgan fingerprint density at radius 2 is 1.68 bits per heavy atom. The second-order valence-corrected chi connectivity index (χ2v) is 5.46. The molecule has 1 N–H and O–H groups in total. The van der Waals surface area contributed by atoms with Gasteiger partial charge in [-0.1, -0.05) is 44.2 Å². The van der Waals surface area contributed by atoms with Gasteiger partial charge in [0.25, 0.3) is 5.91 Å². The Balaban J connectivity index is 1.96. The fraction of sp³-hybridized carbons (Fsp3) is 0.211. The van der Waals surface area contributed by atoms with Gasteiger partial charge in [0, 0.05) is 11.3 Å². The first kappa shape index (κ1) is 15.8. The molecule has 2 rings (SSSR count). The Hall–Kier alpha value is -2.55. The molecular weight excluding hydrogens is 274 g/mol. The van der Waals surface area contributed by atoms with E-state index in [2.05, 4.69) is 19.2 Å². The van der Waals surface area contributed by atoms with Crippen molar-refractivity contribution >= 4 is 11.6 Å². The third-order valence-electron chi connectivity index (χ3n) is 3.31. The van der Waals surface area contributed by atoms with Crippen LogP contribution in [-0.4, -0.2) is 5.91 Å². The average Bonchev–Trinajstić information content (AvgIpc) is 2.54. The van der Waals surface area contributed by atoms with Crippen molar-refractivity contribution < 1.29 is 9.53 Å². The molecule has 22 heavy (non-hydrogen) atoms. The van der Waals surface area contributed by atoms with Crippen molar-refractivity contribution in [2.75, 3.05) is 5.32 Å². The van der Waals surface area contributed by atoms with E-state index in [1.54, 1.807) is 6.92 Å². The molecule has 2 aromatic carbocycles. The Kier molecular flexibility index (Phi) is 5.37. The molecule has 0 aliphatic carbocycles. The lowest BCUT2D eigenvalue weighted by Gasteiger charge is -2.09. The summed E-state index contributed by atoms with van der Waals surface area (Å²) in [6.45, 7) is 6.00. The van der Waals surface area contributed by atoms with Crippen molar-refractivity contribution in [3.05, 3.63) is 72.0 Å². The van der Waals surface area contributed by atoms with Gasteiger partial charge < -0.3 is 10.1 Å². The van der Waals surface area contributed by atoms with Crippen LogP contribution >= 0.6 is 0 Å². The van der Waals surface area contributed by atoms with E-state index >= 15 is 0 Å². The van der Waals surface area contributed by atoms with Crippen LogP contribution in [0.2, 0.25) is 0 Å². The Morgan fingerprint density at radius 1 is 1.05 bits per heavy atom. The minimum atomic E-state index is -0.173. The van der Waals surface area contributed by atoms with Gasteiger partial charge in [-0.2, -0.15) is 0 Å². The fourth-order valence-electron chi connectivity index (χ4n) is 1.89. The molecule has 0 spiro atoms. The molecule has 0 atom stereocenters. The van der Waals surface area contributed by atoms with Gasteiger partial charge in [0.15, 0.2) is 0 Å². The van der Waals surface area contributed by atoms with E-state index < -0.39 is 0 Å². The zero-order valence-electron chi connectivity index (χ0n) is 13.2. The highest BCUT2D eigenvalue weighted by atomic mass is 16.5. The van der Waals surface area contributed by atoms with E-state index in [1.807, 2.05) is 54.6 Å². The first-order chi connectivity index (χ1) is 10.6. The number of amides is 1. The molecule has 0 aliphatic rings. The Bertz CT molecular complexity index is 643. The molecule has 1 amide bonds. The first-order valence-corrected chi connectivity index (χ1v) is 7.36. The number of anilines is 1. The summed E-state index contributed by atoms with van der Waals surface area (Å²) in [6.07, 6.45) is 1.47. The monoisotopic (exact) mass is 295 g/mol. The molecule has 0 bridgehead atoms. The molecule has 0 saturated heterocycles. The lowest BCUT2D eigenvalue weighted by molar-refractivity contribution is -0.112. The van der Waals surface area contributed by atoms with Gasteiger partial charge in [-0.05, 0) is 42.7 Å². The molecule has 0 unspecified atom stereocenters. The topological polar surface area (TPSA) is 38.3 Å². The number of hydrogen-bond donors (Lipinski definition) is 1. The summed E-state index contributed by atoms with van der Waals surface area (Å²) in [4.78, 5) is 12.1. The summed E-state index contributed by atoms with van der Waals surface area (Å²) in [7, 11) is 0. The molecule has 0 aromatic heterocycles. The van der Waals surface area contributed by atoms with Gasteiger partial charge in [-0.15, -0.1) is 0 Å². The van der Waals surface area contributed by atoms with Crippen molar-refractivity contribution in [1.29, 1.82) is 0 Å². The fourth-order valence-corrected chi connectivity index (χ4v) is 1.89. The van der Waals surface area contributed by atoms with Crippen LogP contribution in [0.15, 0.2) is 66.4 Å². The van der Waals surface area contributed by atoms with Crippen LogP contribution < -0.4 is 10.1 Å². The summed E-state index contributed by atoms with van der Waals surface area (Å²) in [5.74, 6) is 1.01. The van der Waals surface area contributed by atoms with E-state index in [0.29, 0.717) is 17.2 Å². The van der Waals surface area contributed by atoms with Crippen molar-refractivity contribution in [1.82, 2.24) is 0 Å². The maximum absolute atomic E-state index is 12.1. The summed E-state index contributed by atoms with van der Waals surface area (Å²) in [5.41, 5.74) is 2.54. The maximum atomic E-state index is 12.1. The van der Waals surface area contributed by atoms with Crippen molar-refractivity contribution in [2.24, 2.45) is 0 Å². The predicted octanol–water partition coefficient (Wildman–Crippen LogP) is 4.73. The second-order valence-electron chi connectivity index (χ2n) is 5.46. The van der Waals surface area contributed by atoms with Crippen LogP contribution in [0.1, 0.15) is 32.3 Å². The summed E-state index contributed by atoms with van der Waals surface area (Å²) in [5, 5.41) is 2.86. The lowest BCUT2D eigenvalue weighted by atomic mass is 10.0. The smallest absolute Gasteiger partial charge is 0.254 e. The molecule has 0 heterocycles. The van der Waals surface area contributed by atoms with Crippen LogP contribution in [0.25, 0.3) is 0 Å². The molecule has 0 aliphatic heterocycles. The van der Waals surface area contributed by atoms with Crippen LogP contribution in [0, 0.1) is 0 Å². The molecule has 2 aromatic rings. The summed E-state index contributed by atoms with van der Waals surface area (Å²) >= 11 is 0. The largest absolute Gasteiger partial charge is 0.465 e. The van der Waals surface area contributed by atoms with Crippen molar-refractivity contribution in [3.8, 4) is 5.75 Å².